The van der Waals surface area contributed by atoms with E-state index in [0.717, 1.165) is 19.3 Å². The van der Waals surface area contributed by atoms with E-state index in [-0.39, 0.29) is 6.73 Å². The zero-order valence-corrected chi connectivity index (χ0v) is 11.1. The molecule has 1 aromatic rings. The van der Waals surface area contributed by atoms with Crippen LogP contribution >= 0.6 is 0 Å². The molecule has 1 aromatic carbocycles. The Balaban J connectivity index is 1.96. The Kier molecular flexibility index (Phi) is 3.13. The summed E-state index contributed by atoms with van der Waals surface area (Å²) in [6.07, 6.45) is 4.43. The molecule has 0 atom stereocenters. The van der Waals surface area contributed by atoms with Gasteiger partial charge < -0.3 is 4.74 Å². The fourth-order valence-corrected chi connectivity index (χ4v) is 3.96. The minimum Gasteiger partial charge on any atom is -0.364 e. The molecular weight excluding hydrogens is 250 g/mol. The monoisotopic (exact) mass is 267 g/mol. The number of sulfonamides is 1. The van der Waals surface area contributed by atoms with E-state index in [4.69, 9.17) is 4.74 Å². The fraction of sp³-hybridized carbons (Fsp3) is 0.538. The highest BCUT2D eigenvalue weighted by Gasteiger charge is 2.28. The number of nitrogens with zero attached hydrogens (tertiary/aromatic N) is 1. The van der Waals surface area contributed by atoms with Crippen molar-refractivity contribution in [2.24, 2.45) is 0 Å². The molecule has 0 spiro atoms. The van der Waals surface area contributed by atoms with E-state index in [9.17, 15) is 8.42 Å². The third kappa shape index (κ3) is 2.06. The largest absolute Gasteiger partial charge is 0.364 e. The second-order valence-corrected chi connectivity index (χ2v) is 6.79. The molecule has 5 heteroatoms. The van der Waals surface area contributed by atoms with Gasteiger partial charge in [0.1, 0.15) is 6.73 Å². The lowest BCUT2D eigenvalue weighted by molar-refractivity contribution is 0.172. The van der Waals surface area contributed by atoms with Crippen molar-refractivity contribution >= 4 is 10.0 Å². The normalized spacial score (nSPS) is 20.9. The van der Waals surface area contributed by atoms with E-state index in [1.54, 1.807) is 6.07 Å². The van der Waals surface area contributed by atoms with Gasteiger partial charge in [0.05, 0.1) is 11.5 Å². The van der Waals surface area contributed by atoms with Crippen LogP contribution in [0.1, 0.15) is 24.0 Å². The lowest BCUT2D eigenvalue weighted by Crippen LogP contribution is -2.28. The molecule has 98 valence electrons. The van der Waals surface area contributed by atoms with Gasteiger partial charge >= 0.3 is 0 Å². The molecule has 0 amide bonds. The summed E-state index contributed by atoms with van der Waals surface area (Å²) in [5, 5.41) is 0. The maximum absolute atomic E-state index is 12.4. The van der Waals surface area contributed by atoms with Crippen LogP contribution in [-0.2, 0) is 27.6 Å². The van der Waals surface area contributed by atoms with Gasteiger partial charge in [-0.15, -0.1) is 0 Å². The van der Waals surface area contributed by atoms with Gasteiger partial charge in [0.15, 0.2) is 0 Å². The van der Waals surface area contributed by atoms with Crippen LogP contribution in [0.3, 0.4) is 0 Å². The van der Waals surface area contributed by atoms with E-state index in [1.165, 1.54) is 21.9 Å². The topological polar surface area (TPSA) is 46.6 Å². The van der Waals surface area contributed by atoms with Gasteiger partial charge in [-0.2, -0.15) is 4.31 Å². The molecule has 0 unspecified atom stereocenters. The molecule has 0 radical (unpaired) electrons. The number of aryl methyl sites for hydroxylation is 2. The van der Waals surface area contributed by atoms with Crippen molar-refractivity contribution in [2.75, 3.05) is 19.9 Å². The predicted molar refractivity (Wildman–Crippen MR) is 67.8 cm³/mol. The summed E-state index contributed by atoms with van der Waals surface area (Å²) in [6, 6.07) is 5.55. The maximum atomic E-state index is 12.4. The summed E-state index contributed by atoms with van der Waals surface area (Å²) >= 11 is 0. The van der Waals surface area contributed by atoms with Crippen LogP contribution in [0, 0.1) is 0 Å². The highest BCUT2D eigenvalue weighted by Crippen LogP contribution is 2.26. The molecule has 0 aromatic heterocycles. The van der Waals surface area contributed by atoms with Gasteiger partial charge in [0.2, 0.25) is 10.0 Å². The summed E-state index contributed by atoms with van der Waals surface area (Å²) in [6.45, 7) is 1.13. The minimum atomic E-state index is -3.36. The van der Waals surface area contributed by atoms with Crippen LogP contribution < -0.4 is 0 Å². The van der Waals surface area contributed by atoms with Crippen molar-refractivity contribution in [1.82, 2.24) is 4.31 Å². The number of rotatable bonds is 2. The molecule has 3 rings (SSSR count). The highest BCUT2D eigenvalue weighted by molar-refractivity contribution is 7.89. The van der Waals surface area contributed by atoms with Gasteiger partial charge in [-0.3, -0.25) is 0 Å². The SMILES string of the molecule is O=S(=O)(c1ccc2c(c1)CCCC2)N1CCOC1. The van der Waals surface area contributed by atoms with Crippen molar-refractivity contribution in [3.05, 3.63) is 29.3 Å². The zero-order chi connectivity index (χ0) is 12.6. The molecule has 2 aliphatic rings. The third-order valence-electron chi connectivity index (χ3n) is 3.68. The first-order chi connectivity index (χ1) is 8.68. The molecule has 1 aliphatic carbocycles. The van der Waals surface area contributed by atoms with Crippen LogP contribution in [-0.4, -0.2) is 32.6 Å². The van der Waals surface area contributed by atoms with E-state index >= 15 is 0 Å². The van der Waals surface area contributed by atoms with Gasteiger partial charge in [0, 0.05) is 6.54 Å². The third-order valence-corrected chi connectivity index (χ3v) is 5.50. The van der Waals surface area contributed by atoms with Gasteiger partial charge in [-0.1, -0.05) is 6.07 Å². The fourth-order valence-electron chi connectivity index (χ4n) is 2.61. The Morgan fingerprint density at radius 3 is 2.61 bits per heavy atom. The maximum Gasteiger partial charge on any atom is 0.245 e. The summed E-state index contributed by atoms with van der Waals surface area (Å²) in [4.78, 5) is 0.411. The first-order valence-corrected chi connectivity index (χ1v) is 7.82. The molecule has 18 heavy (non-hydrogen) atoms. The quantitative estimate of drug-likeness (QED) is 0.816. The number of ether oxygens (including phenoxy) is 1. The van der Waals surface area contributed by atoms with Crippen LogP contribution in [0.4, 0.5) is 0 Å². The molecule has 0 N–H and O–H groups in total. The average Bonchev–Trinajstić information content (AvgIpc) is 2.92. The molecule has 1 aliphatic heterocycles. The molecule has 1 saturated heterocycles. The van der Waals surface area contributed by atoms with Crippen LogP contribution in [0.25, 0.3) is 0 Å². The average molecular weight is 267 g/mol. The van der Waals surface area contributed by atoms with Crippen molar-refractivity contribution in [2.45, 2.75) is 30.6 Å². The Hall–Kier alpha value is -0.910. The second-order valence-electron chi connectivity index (χ2n) is 4.86. The highest BCUT2D eigenvalue weighted by atomic mass is 32.2. The minimum absolute atomic E-state index is 0.180. The van der Waals surface area contributed by atoms with E-state index in [2.05, 4.69) is 0 Å². The lowest BCUT2D eigenvalue weighted by Gasteiger charge is -2.19. The molecule has 0 bridgehead atoms. The Morgan fingerprint density at radius 1 is 1.11 bits per heavy atom. The van der Waals surface area contributed by atoms with Crippen molar-refractivity contribution in [3.63, 3.8) is 0 Å². The van der Waals surface area contributed by atoms with Crippen molar-refractivity contribution < 1.29 is 13.2 Å². The van der Waals surface area contributed by atoms with Crippen LogP contribution in [0.15, 0.2) is 23.1 Å². The number of hydrogen-bond donors (Lipinski definition) is 0. The number of fused-ring (bicyclic) bond motifs is 1. The van der Waals surface area contributed by atoms with E-state index < -0.39 is 10.0 Å². The predicted octanol–water partition coefficient (Wildman–Crippen LogP) is 1.54. The molecular formula is C13H17NO3S. The Morgan fingerprint density at radius 2 is 1.89 bits per heavy atom. The molecule has 1 heterocycles. The zero-order valence-electron chi connectivity index (χ0n) is 10.3. The standard InChI is InChI=1S/C13H17NO3S/c15-18(16,14-7-8-17-10-14)13-6-5-11-3-1-2-4-12(11)9-13/h5-6,9H,1-4,7-8,10H2. The van der Waals surface area contributed by atoms with Crippen molar-refractivity contribution in [3.8, 4) is 0 Å². The summed E-state index contributed by atoms with van der Waals surface area (Å²) in [7, 11) is -3.36. The molecule has 0 saturated carbocycles. The summed E-state index contributed by atoms with van der Waals surface area (Å²) < 4.78 is 31.3. The Bertz CT molecular complexity index is 547. The summed E-state index contributed by atoms with van der Waals surface area (Å²) in [5.41, 5.74) is 2.50. The molecule has 4 nitrogen and oxygen atoms in total. The number of benzene rings is 1. The van der Waals surface area contributed by atoms with E-state index in [0.29, 0.717) is 18.0 Å². The lowest BCUT2D eigenvalue weighted by atomic mass is 9.92. The summed E-state index contributed by atoms with van der Waals surface area (Å²) in [5.74, 6) is 0. The van der Waals surface area contributed by atoms with Crippen LogP contribution in [0.2, 0.25) is 0 Å². The first kappa shape index (κ1) is 12.1. The second kappa shape index (κ2) is 4.64. The van der Waals surface area contributed by atoms with Gasteiger partial charge in [0.25, 0.3) is 0 Å². The van der Waals surface area contributed by atoms with Gasteiger partial charge in [-0.25, -0.2) is 8.42 Å². The first-order valence-electron chi connectivity index (χ1n) is 6.37. The smallest absolute Gasteiger partial charge is 0.245 e. The van der Waals surface area contributed by atoms with Crippen molar-refractivity contribution in [1.29, 1.82) is 0 Å². The Labute approximate surface area is 108 Å². The van der Waals surface area contributed by atoms with Crippen LogP contribution in [0.5, 0.6) is 0 Å². The molecule has 1 fully saturated rings. The van der Waals surface area contributed by atoms with Gasteiger partial charge in [-0.05, 0) is 48.9 Å². The van der Waals surface area contributed by atoms with E-state index in [1.807, 2.05) is 12.1 Å². The number of hydrogen-bond acceptors (Lipinski definition) is 3.